The molecule has 0 atom stereocenters. The van der Waals surface area contributed by atoms with Crippen LogP contribution in [0.5, 0.6) is 0 Å². The first-order chi connectivity index (χ1) is 18.3. The van der Waals surface area contributed by atoms with E-state index in [1.54, 1.807) is 6.07 Å². The van der Waals surface area contributed by atoms with Gasteiger partial charge in [0.25, 0.3) is 0 Å². The Hall–Kier alpha value is -3.13. The van der Waals surface area contributed by atoms with Gasteiger partial charge in [0.05, 0.1) is 23.8 Å². The molecule has 0 saturated heterocycles. The molecule has 2 aliphatic carbocycles. The van der Waals surface area contributed by atoms with Crippen molar-refractivity contribution >= 4 is 29.2 Å². The van der Waals surface area contributed by atoms with E-state index in [2.05, 4.69) is 10.3 Å². The highest BCUT2D eigenvalue weighted by molar-refractivity contribution is 6.34. The third-order valence-corrected chi connectivity index (χ3v) is 7.53. The Bertz CT molecular complexity index is 1440. The summed E-state index contributed by atoms with van der Waals surface area (Å²) in [6.07, 6.45) is 4.26. The van der Waals surface area contributed by atoms with Gasteiger partial charge in [-0.2, -0.15) is 0 Å². The van der Waals surface area contributed by atoms with E-state index in [0.717, 1.165) is 59.3 Å². The number of carbonyl (C=O) groups excluding carboxylic acids is 1. The lowest BCUT2D eigenvalue weighted by molar-refractivity contribution is 0.0599. The van der Waals surface area contributed by atoms with Crippen LogP contribution < -0.4 is 0 Å². The highest BCUT2D eigenvalue weighted by Crippen LogP contribution is 2.46. The number of esters is 1. The zero-order chi connectivity index (χ0) is 27.0. The standard InChI is InChI=1S/C15H14ClNO3.C14H14ClNO2.2CH4/c1-8-4-3-5-10(16)11(8)13-12(15(18)19-2)14(20-17-13)9-6-7-9;1-8-3-2-4-11(15)12(8)13-10(7-17)14(18-16-13)9-5-6-9;;/h3-5,9H,6-7H2,1-2H3;2-4,9,17H,5-7H2,1H3;2*1H4. The Balaban J connectivity index is 0.000000211. The van der Waals surface area contributed by atoms with Gasteiger partial charge in [0.2, 0.25) is 0 Å². The van der Waals surface area contributed by atoms with Gasteiger partial charge in [0.15, 0.2) is 5.76 Å². The van der Waals surface area contributed by atoms with Crippen molar-refractivity contribution in [3.63, 3.8) is 0 Å². The molecule has 2 fully saturated rings. The van der Waals surface area contributed by atoms with Crippen LogP contribution in [0.2, 0.25) is 10.0 Å². The first kappa shape index (κ1) is 31.4. The van der Waals surface area contributed by atoms with E-state index in [4.69, 9.17) is 37.0 Å². The van der Waals surface area contributed by atoms with Crippen molar-refractivity contribution in [1.82, 2.24) is 10.3 Å². The molecule has 6 rings (SSSR count). The topological polar surface area (TPSA) is 98.6 Å². The summed E-state index contributed by atoms with van der Waals surface area (Å²) in [5.74, 6) is 1.71. The second-order valence-corrected chi connectivity index (χ2v) is 10.5. The smallest absolute Gasteiger partial charge is 0.343 e. The molecule has 0 bridgehead atoms. The van der Waals surface area contributed by atoms with Gasteiger partial charge >= 0.3 is 5.97 Å². The van der Waals surface area contributed by atoms with Gasteiger partial charge in [-0.25, -0.2) is 4.79 Å². The van der Waals surface area contributed by atoms with Crippen LogP contribution in [0.4, 0.5) is 0 Å². The number of benzene rings is 2. The van der Waals surface area contributed by atoms with Crippen LogP contribution >= 0.6 is 23.2 Å². The van der Waals surface area contributed by atoms with E-state index in [1.807, 2.05) is 44.2 Å². The molecule has 0 unspecified atom stereocenters. The van der Waals surface area contributed by atoms with Crippen molar-refractivity contribution in [2.75, 3.05) is 7.11 Å². The molecular formula is C31H36Cl2N2O5. The number of ether oxygens (including phenoxy) is 1. The second kappa shape index (κ2) is 13.0. The lowest BCUT2D eigenvalue weighted by Gasteiger charge is -2.07. The molecule has 0 spiro atoms. The van der Waals surface area contributed by atoms with Crippen LogP contribution in [0, 0.1) is 13.8 Å². The molecule has 4 aromatic rings. The fraction of sp³-hybridized carbons (Fsp3) is 0.387. The van der Waals surface area contributed by atoms with Gasteiger partial charge in [-0.1, -0.05) is 72.6 Å². The summed E-state index contributed by atoms with van der Waals surface area (Å²) in [4.78, 5) is 12.1. The van der Waals surface area contributed by atoms with Gasteiger partial charge in [0, 0.05) is 28.5 Å². The van der Waals surface area contributed by atoms with Crippen LogP contribution in [0.3, 0.4) is 0 Å². The minimum atomic E-state index is -0.428. The number of rotatable bonds is 6. The first-order valence-electron chi connectivity index (χ1n) is 12.5. The van der Waals surface area contributed by atoms with E-state index < -0.39 is 5.97 Å². The lowest BCUT2D eigenvalue weighted by atomic mass is 10.0. The monoisotopic (exact) mass is 586 g/mol. The molecule has 0 aliphatic heterocycles. The van der Waals surface area contributed by atoms with Gasteiger partial charge < -0.3 is 18.9 Å². The number of carbonyl (C=O) groups is 1. The quantitative estimate of drug-likeness (QED) is 0.225. The highest BCUT2D eigenvalue weighted by atomic mass is 35.5. The van der Waals surface area contributed by atoms with Crippen molar-refractivity contribution in [2.45, 2.75) is 72.8 Å². The number of hydrogen-bond donors (Lipinski definition) is 1. The van der Waals surface area contributed by atoms with E-state index in [-0.39, 0.29) is 27.4 Å². The summed E-state index contributed by atoms with van der Waals surface area (Å²) in [5, 5.41) is 18.9. The molecule has 214 valence electrons. The van der Waals surface area contributed by atoms with Crippen LogP contribution in [-0.2, 0) is 11.3 Å². The van der Waals surface area contributed by atoms with Crippen molar-refractivity contribution in [3.8, 4) is 22.5 Å². The Labute approximate surface area is 245 Å². The number of methoxy groups -OCH3 is 1. The molecule has 2 aromatic heterocycles. The van der Waals surface area contributed by atoms with Crippen molar-refractivity contribution < 1.29 is 23.7 Å². The SMILES string of the molecule is C.C.COC(=O)c1c(-c2c(C)cccc2Cl)noc1C1CC1.Cc1cccc(Cl)c1-c1noc(C2CC2)c1CO. The highest BCUT2D eigenvalue weighted by Gasteiger charge is 2.36. The molecule has 7 nitrogen and oxygen atoms in total. The maximum Gasteiger partial charge on any atom is 0.343 e. The van der Waals surface area contributed by atoms with Crippen LogP contribution in [-0.4, -0.2) is 28.5 Å². The van der Waals surface area contributed by atoms with Gasteiger partial charge in [-0.05, 0) is 62.8 Å². The maximum absolute atomic E-state index is 12.1. The summed E-state index contributed by atoms with van der Waals surface area (Å²) in [6, 6.07) is 11.3. The zero-order valence-corrected chi connectivity index (χ0v) is 22.9. The molecule has 40 heavy (non-hydrogen) atoms. The summed E-state index contributed by atoms with van der Waals surface area (Å²) < 4.78 is 15.7. The Morgan fingerprint density at radius 1 is 0.875 bits per heavy atom. The van der Waals surface area contributed by atoms with Crippen molar-refractivity contribution in [2.24, 2.45) is 0 Å². The predicted molar refractivity (Wildman–Crippen MR) is 158 cm³/mol. The van der Waals surface area contributed by atoms with Gasteiger partial charge in [-0.3, -0.25) is 0 Å². The number of hydrogen-bond acceptors (Lipinski definition) is 7. The predicted octanol–water partition coefficient (Wildman–Crippen LogP) is 8.91. The first-order valence-corrected chi connectivity index (χ1v) is 13.3. The molecule has 2 aromatic carbocycles. The second-order valence-electron chi connectivity index (χ2n) is 9.71. The van der Waals surface area contributed by atoms with Crippen LogP contribution in [0.25, 0.3) is 22.5 Å². The number of aliphatic hydroxyl groups is 1. The summed E-state index contributed by atoms with van der Waals surface area (Å²) in [6.45, 7) is 3.84. The summed E-state index contributed by atoms with van der Waals surface area (Å²) in [7, 11) is 1.36. The fourth-order valence-electron chi connectivity index (χ4n) is 4.60. The van der Waals surface area contributed by atoms with Crippen LogP contribution in [0.15, 0.2) is 45.4 Å². The maximum atomic E-state index is 12.1. The van der Waals surface area contributed by atoms with Crippen molar-refractivity contribution in [1.29, 1.82) is 0 Å². The summed E-state index contributed by atoms with van der Waals surface area (Å²) in [5.41, 5.74) is 5.92. The molecule has 2 heterocycles. The number of halogens is 2. The number of aryl methyl sites for hydroxylation is 2. The molecular weight excluding hydrogens is 551 g/mol. The molecule has 0 amide bonds. The molecule has 1 N–H and O–H groups in total. The summed E-state index contributed by atoms with van der Waals surface area (Å²) >= 11 is 12.5. The number of aromatic nitrogens is 2. The third-order valence-electron chi connectivity index (χ3n) is 6.90. The Morgan fingerprint density at radius 2 is 1.35 bits per heavy atom. The Kier molecular flexibility index (Phi) is 10.2. The van der Waals surface area contributed by atoms with E-state index in [0.29, 0.717) is 38.7 Å². The molecule has 9 heteroatoms. The third kappa shape index (κ3) is 6.12. The molecule has 2 aliphatic rings. The minimum Gasteiger partial charge on any atom is -0.465 e. The molecule has 2 saturated carbocycles. The zero-order valence-electron chi connectivity index (χ0n) is 21.4. The normalized spacial score (nSPS) is 13.9. The van der Waals surface area contributed by atoms with Crippen molar-refractivity contribution in [3.05, 3.63) is 80.2 Å². The number of aliphatic hydroxyl groups excluding tert-OH is 1. The van der Waals surface area contributed by atoms with E-state index >= 15 is 0 Å². The molecule has 0 radical (unpaired) electrons. The van der Waals surface area contributed by atoms with Crippen LogP contribution in [0.1, 0.15) is 90.9 Å². The average Bonchev–Trinajstić information content (AvgIpc) is 3.84. The van der Waals surface area contributed by atoms with Gasteiger partial charge in [-0.15, -0.1) is 0 Å². The average molecular weight is 588 g/mol. The van der Waals surface area contributed by atoms with Gasteiger partial charge in [0.1, 0.15) is 22.7 Å². The largest absolute Gasteiger partial charge is 0.465 e. The number of nitrogens with zero attached hydrogens (tertiary/aromatic N) is 2. The minimum absolute atomic E-state index is 0. The van der Waals surface area contributed by atoms with E-state index in [9.17, 15) is 9.90 Å². The Morgan fingerprint density at radius 3 is 1.82 bits per heavy atom. The lowest BCUT2D eigenvalue weighted by Crippen LogP contribution is -2.05. The fourth-order valence-corrected chi connectivity index (χ4v) is 5.22. The van der Waals surface area contributed by atoms with E-state index in [1.165, 1.54) is 7.11 Å².